The maximum Gasteiger partial charge on any atom is 0.272 e. The van der Waals surface area contributed by atoms with E-state index in [0.29, 0.717) is 5.69 Å². The standard InChI is InChI=1S/C15H18N2O/c1-5-7-12-11(6-2)8-9-13-14(12)17(4)15(18)10(3)16-13/h5,8-9H,1,6-7H2,2-4H3. The van der Waals surface area contributed by atoms with Gasteiger partial charge in [-0.25, -0.2) is 4.98 Å². The Bertz CT molecular complexity index is 668. The van der Waals surface area contributed by atoms with Crippen molar-refractivity contribution in [2.45, 2.75) is 26.7 Å². The lowest BCUT2D eigenvalue weighted by Crippen LogP contribution is -2.22. The van der Waals surface area contributed by atoms with Gasteiger partial charge in [-0.15, -0.1) is 6.58 Å². The van der Waals surface area contributed by atoms with E-state index in [1.54, 1.807) is 11.5 Å². The molecule has 0 atom stereocenters. The molecule has 0 fully saturated rings. The Labute approximate surface area is 107 Å². The van der Waals surface area contributed by atoms with Crippen molar-refractivity contribution in [1.29, 1.82) is 0 Å². The molecule has 2 aromatic rings. The van der Waals surface area contributed by atoms with Crippen molar-refractivity contribution in [1.82, 2.24) is 9.55 Å². The van der Waals surface area contributed by atoms with Crippen molar-refractivity contribution in [3.8, 4) is 0 Å². The predicted octanol–water partition coefficient (Wildman–Crippen LogP) is 2.53. The van der Waals surface area contributed by atoms with Crippen LogP contribution in [-0.2, 0) is 19.9 Å². The number of hydrogen-bond acceptors (Lipinski definition) is 2. The molecule has 18 heavy (non-hydrogen) atoms. The van der Waals surface area contributed by atoms with Crippen LogP contribution in [0, 0.1) is 6.92 Å². The molecule has 1 aromatic heterocycles. The minimum Gasteiger partial charge on any atom is -0.308 e. The molecule has 1 aromatic carbocycles. The summed E-state index contributed by atoms with van der Waals surface area (Å²) in [5, 5.41) is 0. The summed E-state index contributed by atoms with van der Waals surface area (Å²) in [7, 11) is 1.81. The number of hydrogen-bond donors (Lipinski definition) is 0. The largest absolute Gasteiger partial charge is 0.308 e. The lowest BCUT2D eigenvalue weighted by atomic mass is 10.00. The van der Waals surface area contributed by atoms with E-state index in [1.165, 1.54) is 5.56 Å². The average molecular weight is 242 g/mol. The number of nitrogens with zero attached hydrogens (tertiary/aromatic N) is 2. The Morgan fingerprint density at radius 1 is 1.44 bits per heavy atom. The fourth-order valence-electron chi connectivity index (χ4n) is 2.41. The lowest BCUT2D eigenvalue weighted by Gasteiger charge is -2.13. The molecule has 0 amide bonds. The van der Waals surface area contributed by atoms with Gasteiger partial charge in [0.15, 0.2) is 0 Å². The highest BCUT2D eigenvalue weighted by molar-refractivity contribution is 5.80. The van der Waals surface area contributed by atoms with Crippen LogP contribution in [0.4, 0.5) is 0 Å². The van der Waals surface area contributed by atoms with Crippen LogP contribution in [0.2, 0.25) is 0 Å². The van der Waals surface area contributed by atoms with Crippen LogP contribution in [0.5, 0.6) is 0 Å². The molecule has 0 saturated carbocycles. The fourth-order valence-corrected chi connectivity index (χ4v) is 2.41. The topological polar surface area (TPSA) is 34.9 Å². The van der Waals surface area contributed by atoms with Gasteiger partial charge in [-0.05, 0) is 37.0 Å². The second kappa shape index (κ2) is 4.77. The molecule has 2 rings (SSSR count). The molecule has 1 heterocycles. The van der Waals surface area contributed by atoms with Crippen molar-refractivity contribution in [3.63, 3.8) is 0 Å². The van der Waals surface area contributed by atoms with E-state index in [9.17, 15) is 4.79 Å². The first kappa shape index (κ1) is 12.6. The Hall–Kier alpha value is -1.90. The molecule has 0 aliphatic carbocycles. The third-order valence-electron chi connectivity index (χ3n) is 3.33. The third kappa shape index (κ3) is 1.86. The molecule has 0 saturated heterocycles. The number of fused-ring (bicyclic) bond motifs is 1. The minimum absolute atomic E-state index is 0.0268. The smallest absolute Gasteiger partial charge is 0.272 e. The Morgan fingerprint density at radius 2 is 2.17 bits per heavy atom. The van der Waals surface area contributed by atoms with Crippen LogP contribution in [-0.4, -0.2) is 9.55 Å². The van der Waals surface area contributed by atoms with E-state index in [2.05, 4.69) is 24.6 Å². The maximum atomic E-state index is 12.0. The van der Waals surface area contributed by atoms with Gasteiger partial charge >= 0.3 is 0 Å². The Morgan fingerprint density at radius 3 is 2.78 bits per heavy atom. The SMILES string of the molecule is C=CCc1c(CC)ccc2nc(C)c(=O)n(C)c12. The second-order valence-corrected chi connectivity index (χ2v) is 4.48. The van der Waals surface area contributed by atoms with Gasteiger partial charge in [0, 0.05) is 7.05 Å². The number of aromatic nitrogens is 2. The first-order chi connectivity index (χ1) is 8.60. The van der Waals surface area contributed by atoms with E-state index < -0.39 is 0 Å². The summed E-state index contributed by atoms with van der Waals surface area (Å²) in [6.07, 6.45) is 3.58. The van der Waals surface area contributed by atoms with E-state index in [4.69, 9.17) is 0 Å². The van der Waals surface area contributed by atoms with Gasteiger partial charge in [0.2, 0.25) is 0 Å². The van der Waals surface area contributed by atoms with Gasteiger partial charge < -0.3 is 4.57 Å². The molecular formula is C15H18N2O. The van der Waals surface area contributed by atoms with Gasteiger partial charge in [-0.3, -0.25) is 4.79 Å². The lowest BCUT2D eigenvalue weighted by molar-refractivity contribution is 0.862. The zero-order valence-electron chi connectivity index (χ0n) is 11.2. The number of allylic oxidation sites excluding steroid dienone is 1. The maximum absolute atomic E-state index is 12.0. The summed E-state index contributed by atoms with van der Waals surface area (Å²) in [6, 6.07) is 4.09. The minimum atomic E-state index is -0.0268. The van der Waals surface area contributed by atoms with Crippen molar-refractivity contribution in [2.24, 2.45) is 7.05 Å². The number of aryl methyl sites for hydroxylation is 3. The Balaban J connectivity index is 2.95. The summed E-state index contributed by atoms with van der Waals surface area (Å²) in [5.41, 5.74) is 4.74. The van der Waals surface area contributed by atoms with Crippen molar-refractivity contribution >= 4 is 11.0 Å². The quantitative estimate of drug-likeness (QED) is 0.775. The molecule has 0 spiro atoms. The van der Waals surface area contributed by atoms with E-state index in [0.717, 1.165) is 29.4 Å². The molecule has 94 valence electrons. The zero-order chi connectivity index (χ0) is 13.3. The zero-order valence-corrected chi connectivity index (χ0v) is 11.2. The highest BCUT2D eigenvalue weighted by Crippen LogP contribution is 2.21. The fraction of sp³-hybridized carbons (Fsp3) is 0.333. The number of benzene rings is 1. The molecule has 0 unspecified atom stereocenters. The molecule has 0 aliphatic heterocycles. The molecule has 3 nitrogen and oxygen atoms in total. The monoisotopic (exact) mass is 242 g/mol. The van der Waals surface area contributed by atoms with E-state index in [-0.39, 0.29) is 5.56 Å². The van der Waals surface area contributed by atoms with Gasteiger partial charge in [0.25, 0.3) is 5.56 Å². The summed E-state index contributed by atoms with van der Waals surface area (Å²) >= 11 is 0. The van der Waals surface area contributed by atoms with Gasteiger partial charge in [-0.1, -0.05) is 19.1 Å². The van der Waals surface area contributed by atoms with Gasteiger partial charge in [0.05, 0.1) is 11.0 Å². The molecule has 0 N–H and O–H groups in total. The van der Waals surface area contributed by atoms with Crippen molar-refractivity contribution < 1.29 is 0 Å². The van der Waals surface area contributed by atoms with Crippen molar-refractivity contribution in [3.05, 3.63) is 52.0 Å². The highest BCUT2D eigenvalue weighted by Gasteiger charge is 2.11. The number of rotatable bonds is 3. The molecule has 0 bridgehead atoms. The predicted molar refractivity (Wildman–Crippen MR) is 75.0 cm³/mol. The normalized spacial score (nSPS) is 10.8. The van der Waals surface area contributed by atoms with Gasteiger partial charge in [-0.2, -0.15) is 0 Å². The average Bonchev–Trinajstić information content (AvgIpc) is 2.36. The summed E-state index contributed by atoms with van der Waals surface area (Å²) < 4.78 is 1.70. The van der Waals surface area contributed by atoms with Crippen LogP contribution in [0.3, 0.4) is 0 Å². The molecular weight excluding hydrogens is 224 g/mol. The van der Waals surface area contributed by atoms with Crippen LogP contribution < -0.4 is 5.56 Å². The first-order valence-electron chi connectivity index (χ1n) is 6.19. The van der Waals surface area contributed by atoms with E-state index >= 15 is 0 Å². The summed E-state index contributed by atoms with van der Waals surface area (Å²) in [6.45, 7) is 7.67. The van der Waals surface area contributed by atoms with E-state index in [1.807, 2.05) is 19.2 Å². The van der Waals surface area contributed by atoms with Crippen LogP contribution in [0.15, 0.2) is 29.6 Å². The molecule has 0 radical (unpaired) electrons. The molecule has 3 heteroatoms. The second-order valence-electron chi connectivity index (χ2n) is 4.48. The van der Waals surface area contributed by atoms with Crippen LogP contribution in [0.1, 0.15) is 23.7 Å². The highest BCUT2D eigenvalue weighted by atomic mass is 16.1. The molecule has 0 aliphatic rings. The van der Waals surface area contributed by atoms with Gasteiger partial charge in [0.1, 0.15) is 5.69 Å². The first-order valence-corrected chi connectivity index (χ1v) is 6.19. The third-order valence-corrected chi connectivity index (χ3v) is 3.33. The summed E-state index contributed by atoms with van der Waals surface area (Å²) in [5.74, 6) is 0. The van der Waals surface area contributed by atoms with Crippen LogP contribution >= 0.6 is 0 Å². The van der Waals surface area contributed by atoms with Crippen LogP contribution in [0.25, 0.3) is 11.0 Å². The summed E-state index contributed by atoms with van der Waals surface area (Å²) in [4.78, 5) is 16.4. The Kier molecular flexibility index (Phi) is 3.32. The van der Waals surface area contributed by atoms with Crippen molar-refractivity contribution in [2.75, 3.05) is 0 Å².